The first-order valence-corrected chi connectivity index (χ1v) is 2.95. The highest BCUT2D eigenvalue weighted by Crippen LogP contribution is 2.24. The van der Waals surface area contributed by atoms with Gasteiger partial charge >= 0.3 is 0 Å². The predicted molar refractivity (Wildman–Crippen MR) is 37.4 cm³/mol. The molecule has 0 radical (unpaired) electrons. The molecule has 0 aromatic rings. The Morgan fingerprint density at radius 2 is 2.00 bits per heavy atom. The monoisotopic (exact) mass is 113 g/mol. The molecule has 0 aliphatic carbocycles. The van der Waals surface area contributed by atoms with Gasteiger partial charge in [-0.15, -0.1) is 0 Å². The smallest absolute Gasteiger partial charge is 0.00647 e. The zero-order valence-corrected chi connectivity index (χ0v) is 5.99. The molecule has 0 rings (SSSR count). The van der Waals surface area contributed by atoms with Crippen molar-refractivity contribution in [2.75, 3.05) is 0 Å². The fourth-order valence-corrected chi connectivity index (χ4v) is 0.227. The van der Waals surface area contributed by atoms with Crippen LogP contribution in [0.5, 0.6) is 0 Å². The SMILES string of the molecule is C=C(N)C(C)(C)CC. The molecule has 0 atom stereocenters. The highest BCUT2D eigenvalue weighted by Gasteiger charge is 2.15. The first kappa shape index (κ1) is 7.54. The van der Waals surface area contributed by atoms with Crippen LogP contribution in [-0.2, 0) is 0 Å². The van der Waals surface area contributed by atoms with E-state index in [1.54, 1.807) is 0 Å². The normalized spacial score (nSPS) is 11.4. The zero-order valence-electron chi connectivity index (χ0n) is 5.99. The highest BCUT2D eigenvalue weighted by molar-refractivity contribution is 5.00. The van der Waals surface area contributed by atoms with Gasteiger partial charge in [0.05, 0.1) is 0 Å². The fourth-order valence-electron chi connectivity index (χ4n) is 0.227. The molecule has 48 valence electrons. The maximum Gasteiger partial charge on any atom is 0.00647 e. The average Bonchev–Trinajstić information content (AvgIpc) is 1.67. The molecule has 0 unspecified atom stereocenters. The molecule has 0 aromatic carbocycles. The Morgan fingerprint density at radius 1 is 1.62 bits per heavy atom. The van der Waals surface area contributed by atoms with Crippen LogP contribution >= 0.6 is 0 Å². The van der Waals surface area contributed by atoms with E-state index in [0.717, 1.165) is 12.1 Å². The Balaban J connectivity index is 3.91. The van der Waals surface area contributed by atoms with E-state index in [4.69, 9.17) is 5.73 Å². The van der Waals surface area contributed by atoms with E-state index in [0.29, 0.717) is 0 Å². The van der Waals surface area contributed by atoms with Crippen molar-refractivity contribution in [3.8, 4) is 0 Å². The lowest BCUT2D eigenvalue weighted by Crippen LogP contribution is -2.18. The minimum absolute atomic E-state index is 0.125. The Morgan fingerprint density at radius 3 is 2.00 bits per heavy atom. The second-order valence-electron chi connectivity index (χ2n) is 2.76. The summed E-state index contributed by atoms with van der Waals surface area (Å²) in [5.41, 5.74) is 6.39. The highest BCUT2D eigenvalue weighted by atomic mass is 14.6. The van der Waals surface area contributed by atoms with Crippen LogP contribution in [0.1, 0.15) is 27.2 Å². The molecule has 0 amide bonds. The van der Waals surface area contributed by atoms with E-state index in [2.05, 4.69) is 27.4 Å². The molecule has 0 aliphatic rings. The van der Waals surface area contributed by atoms with E-state index < -0.39 is 0 Å². The summed E-state index contributed by atoms with van der Waals surface area (Å²) in [7, 11) is 0. The van der Waals surface area contributed by atoms with Crippen LogP contribution in [0.4, 0.5) is 0 Å². The molecule has 0 aromatic heterocycles. The maximum absolute atomic E-state index is 5.49. The average molecular weight is 113 g/mol. The van der Waals surface area contributed by atoms with Crippen LogP contribution in [0.15, 0.2) is 12.3 Å². The number of nitrogens with two attached hydrogens (primary N) is 1. The van der Waals surface area contributed by atoms with Crippen LogP contribution in [0.2, 0.25) is 0 Å². The molecular formula is C7H15N. The van der Waals surface area contributed by atoms with E-state index in [-0.39, 0.29) is 5.41 Å². The summed E-state index contributed by atoms with van der Waals surface area (Å²) < 4.78 is 0. The summed E-state index contributed by atoms with van der Waals surface area (Å²) in [4.78, 5) is 0. The van der Waals surface area contributed by atoms with Crippen LogP contribution in [-0.4, -0.2) is 0 Å². The largest absolute Gasteiger partial charge is 0.402 e. The summed E-state index contributed by atoms with van der Waals surface area (Å²) in [6, 6.07) is 0. The number of hydrogen-bond donors (Lipinski definition) is 1. The Kier molecular flexibility index (Phi) is 2.08. The number of allylic oxidation sites excluding steroid dienone is 1. The molecule has 8 heavy (non-hydrogen) atoms. The van der Waals surface area contributed by atoms with Crippen LogP contribution in [0.3, 0.4) is 0 Å². The third-order valence-electron chi connectivity index (χ3n) is 1.75. The molecule has 0 fully saturated rings. The number of hydrogen-bond acceptors (Lipinski definition) is 1. The van der Waals surface area contributed by atoms with Gasteiger partial charge in [0, 0.05) is 11.1 Å². The fraction of sp³-hybridized carbons (Fsp3) is 0.714. The van der Waals surface area contributed by atoms with Crippen molar-refractivity contribution in [1.29, 1.82) is 0 Å². The first-order valence-electron chi connectivity index (χ1n) is 2.95. The molecule has 0 bridgehead atoms. The maximum atomic E-state index is 5.49. The van der Waals surface area contributed by atoms with Crippen molar-refractivity contribution in [3.05, 3.63) is 12.3 Å². The van der Waals surface area contributed by atoms with Gasteiger partial charge in [-0.2, -0.15) is 0 Å². The van der Waals surface area contributed by atoms with Crippen molar-refractivity contribution in [3.63, 3.8) is 0 Å². The lowest BCUT2D eigenvalue weighted by molar-refractivity contribution is 0.426. The van der Waals surface area contributed by atoms with Crippen LogP contribution < -0.4 is 5.73 Å². The summed E-state index contributed by atoms with van der Waals surface area (Å²) in [5.74, 6) is 0. The van der Waals surface area contributed by atoms with Gasteiger partial charge in [0.1, 0.15) is 0 Å². The summed E-state index contributed by atoms with van der Waals surface area (Å²) in [5, 5.41) is 0. The third kappa shape index (κ3) is 1.57. The first-order chi connectivity index (χ1) is 3.50. The third-order valence-corrected chi connectivity index (χ3v) is 1.75. The second-order valence-corrected chi connectivity index (χ2v) is 2.76. The van der Waals surface area contributed by atoms with Crippen LogP contribution in [0, 0.1) is 5.41 Å². The van der Waals surface area contributed by atoms with Gasteiger partial charge in [-0.1, -0.05) is 27.4 Å². The summed E-state index contributed by atoms with van der Waals surface area (Å²) in [6.45, 7) is 9.97. The van der Waals surface area contributed by atoms with Gasteiger partial charge in [-0.05, 0) is 6.42 Å². The van der Waals surface area contributed by atoms with E-state index in [1.165, 1.54) is 0 Å². The molecular weight excluding hydrogens is 98.1 g/mol. The molecule has 0 heterocycles. The van der Waals surface area contributed by atoms with Crippen molar-refractivity contribution in [2.24, 2.45) is 11.1 Å². The van der Waals surface area contributed by atoms with E-state index in [9.17, 15) is 0 Å². The zero-order chi connectivity index (χ0) is 6.78. The Hall–Kier alpha value is -0.460. The molecule has 0 saturated heterocycles. The van der Waals surface area contributed by atoms with Gasteiger partial charge in [0.25, 0.3) is 0 Å². The predicted octanol–water partition coefficient (Wildman–Crippen LogP) is 1.90. The van der Waals surface area contributed by atoms with Crippen LogP contribution in [0.25, 0.3) is 0 Å². The van der Waals surface area contributed by atoms with Gasteiger partial charge < -0.3 is 5.73 Å². The Labute approximate surface area is 51.6 Å². The second kappa shape index (κ2) is 2.21. The molecule has 1 heteroatoms. The standard InChI is InChI=1S/C7H15N/c1-5-7(3,4)6(2)8/h2,5,8H2,1,3-4H3. The van der Waals surface area contributed by atoms with Gasteiger partial charge in [-0.25, -0.2) is 0 Å². The van der Waals surface area contributed by atoms with Gasteiger partial charge in [0.2, 0.25) is 0 Å². The van der Waals surface area contributed by atoms with Gasteiger partial charge in [-0.3, -0.25) is 0 Å². The van der Waals surface area contributed by atoms with Gasteiger partial charge in [0.15, 0.2) is 0 Å². The van der Waals surface area contributed by atoms with Crippen molar-refractivity contribution in [1.82, 2.24) is 0 Å². The summed E-state index contributed by atoms with van der Waals surface area (Å²) in [6.07, 6.45) is 1.06. The molecule has 0 spiro atoms. The molecule has 0 aliphatic heterocycles. The molecule has 0 saturated carbocycles. The minimum atomic E-state index is 0.125. The summed E-state index contributed by atoms with van der Waals surface area (Å²) >= 11 is 0. The van der Waals surface area contributed by atoms with E-state index >= 15 is 0 Å². The lowest BCUT2D eigenvalue weighted by atomic mass is 9.88. The molecule has 1 nitrogen and oxygen atoms in total. The quantitative estimate of drug-likeness (QED) is 0.581. The number of rotatable bonds is 2. The van der Waals surface area contributed by atoms with Crippen molar-refractivity contribution < 1.29 is 0 Å². The topological polar surface area (TPSA) is 26.0 Å². The minimum Gasteiger partial charge on any atom is -0.402 e. The Bertz CT molecular complexity index is 92.6. The lowest BCUT2D eigenvalue weighted by Gasteiger charge is -2.21. The van der Waals surface area contributed by atoms with Crippen molar-refractivity contribution >= 4 is 0 Å². The molecule has 2 N–H and O–H groups in total. The van der Waals surface area contributed by atoms with Crippen molar-refractivity contribution in [2.45, 2.75) is 27.2 Å². The van der Waals surface area contributed by atoms with E-state index in [1.807, 2.05) is 0 Å².